The maximum absolute atomic E-state index is 12.5. The van der Waals surface area contributed by atoms with Crippen LogP contribution in [0.15, 0.2) is 22.8 Å². The van der Waals surface area contributed by atoms with Crippen molar-refractivity contribution in [2.75, 3.05) is 20.3 Å². The van der Waals surface area contributed by atoms with Gasteiger partial charge >= 0.3 is 6.09 Å². The van der Waals surface area contributed by atoms with Crippen molar-refractivity contribution in [2.45, 2.75) is 64.5 Å². The minimum absolute atomic E-state index is 0.0419. The van der Waals surface area contributed by atoms with Gasteiger partial charge in [-0.2, -0.15) is 0 Å². The van der Waals surface area contributed by atoms with Gasteiger partial charge in [0.05, 0.1) is 12.9 Å². The van der Waals surface area contributed by atoms with Crippen LogP contribution in [0.4, 0.5) is 4.79 Å². The molecule has 7 heteroatoms. The number of methoxy groups -OCH3 is 1. The molecule has 26 heavy (non-hydrogen) atoms. The smallest absolute Gasteiger partial charge is 0.408 e. The highest BCUT2D eigenvalue weighted by Gasteiger charge is 2.41. The molecule has 0 radical (unpaired) electrons. The van der Waals surface area contributed by atoms with Gasteiger partial charge in [0.2, 0.25) is 5.91 Å². The van der Waals surface area contributed by atoms with Crippen molar-refractivity contribution in [1.29, 1.82) is 0 Å². The Balaban J connectivity index is 0.00000105. The number of furan rings is 1. The maximum atomic E-state index is 12.5. The molecule has 1 heterocycles. The van der Waals surface area contributed by atoms with Gasteiger partial charge in [-0.05, 0) is 25.0 Å². The third kappa shape index (κ3) is 7.47. The fourth-order valence-electron chi connectivity index (χ4n) is 2.76. The van der Waals surface area contributed by atoms with E-state index in [1.165, 1.54) is 12.7 Å². The second kappa shape index (κ2) is 12.4. The summed E-state index contributed by atoms with van der Waals surface area (Å²) in [7, 11) is 1.58. The topological polar surface area (TPSA) is 89.8 Å². The summed E-state index contributed by atoms with van der Waals surface area (Å²) in [6.45, 7) is 5.14. The molecule has 148 valence electrons. The lowest BCUT2D eigenvalue weighted by molar-refractivity contribution is -0.129. The number of nitrogens with one attached hydrogen (secondary N) is 2. The number of rotatable bonds is 7. The van der Waals surface area contributed by atoms with Crippen molar-refractivity contribution >= 4 is 12.0 Å². The molecule has 1 aliphatic rings. The maximum Gasteiger partial charge on any atom is 0.408 e. The number of hydrogen-bond donors (Lipinski definition) is 2. The van der Waals surface area contributed by atoms with Crippen molar-refractivity contribution < 1.29 is 23.5 Å². The lowest BCUT2D eigenvalue weighted by Crippen LogP contribution is -2.60. The van der Waals surface area contributed by atoms with Gasteiger partial charge in [-0.25, -0.2) is 4.79 Å². The Kier molecular flexibility index (Phi) is 10.5. The third-order valence-corrected chi connectivity index (χ3v) is 4.00. The lowest BCUT2D eigenvalue weighted by Gasteiger charge is -2.36. The van der Waals surface area contributed by atoms with Gasteiger partial charge in [-0.3, -0.25) is 4.79 Å². The zero-order chi connectivity index (χ0) is 19.3. The molecule has 1 saturated carbocycles. The molecule has 0 atom stereocenters. The first-order chi connectivity index (χ1) is 12.6. The fraction of sp³-hybridized carbons (Fsp3) is 0.684. The van der Waals surface area contributed by atoms with E-state index in [0.29, 0.717) is 31.8 Å². The number of carbonyl (C=O) groups is 2. The fourth-order valence-corrected chi connectivity index (χ4v) is 2.76. The predicted octanol–water partition coefficient (Wildman–Crippen LogP) is 3.39. The van der Waals surface area contributed by atoms with Gasteiger partial charge in [0.25, 0.3) is 0 Å². The van der Waals surface area contributed by atoms with Crippen LogP contribution < -0.4 is 10.6 Å². The Labute approximate surface area is 155 Å². The van der Waals surface area contributed by atoms with E-state index in [1.54, 1.807) is 19.2 Å². The highest BCUT2D eigenvalue weighted by Crippen LogP contribution is 2.28. The molecule has 0 saturated heterocycles. The number of amides is 2. The zero-order valence-corrected chi connectivity index (χ0v) is 16.1. The molecule has 2 N–H and O–H groups in total. The van der Waals surface area contributed by atoms with Gasteiger partial charge < -0.3 is 24.5 Å². The summed E-state index contributed by atoms with van der Waals surface area (Å²) in [5.74, 6) is 0.381. The average molecular weight is 368 g/mol. The SMILES string of the molecule is CCC.COCCNC(=O)C1(NC(=O)OCc2ccco2)CCCCC1. The van der Waals surface area contributed by atoms with E-state index in [2.05, 4.69) is 24.5 Å². The number of alkyl carbamates (subject to hydrolysis) is 1. The second-order valence-corrected chi connectivity index (χ2v) is 6.38. The largest absolute Gasteiger partial charge is 0.466 e. The molecular formula is C19H32N2O5. The molecule has 0 aliphatic heterocycles. The van der Waals surface area contributed by atoms with E-state index in [1.807, 2.05) is 0 Å². The molecule has 1 aromatic rings. The summed E-state index contributed by atoms with van der Waals surface area (Å²) in [6, 6.07) is 3.45. The van der Waals surface area contributed by atoms with Crippen LogP contribution in [0.3, 0.4) is 0 Å². The molecule has 0 spiro atoms. The molecule has 1 aromatic heterocycles. The van der Waals surface area contributed by atoms with Crippen LogP contribution in [0, 0.1) is 0 Å². The van der Waals surface area contributed by atoms with Crippen molar-refractivity contribution in [2.24, 2.45) is 0 Å². The Morgan fingerprint density at radius 1 is 1.23 bits per heavy atom. The van der Waals surface area contributed by atoms with Crippen LogP contribution in [-0.2, 0) is 20.9 Å². The molecule has 1 fully saturated rings. The van der Waals surface area contributed by atoms with Crippen molar-refractivity contribution in [3.63, 3.8) is 0 Å². The van der Waals surface area contributed by atoms with E-state index < -0.39 is 11.6 Å². The van der Waals surface area contributed by atoms with Crippen LogP contribution in [0.25, 0.3) is 0 Å². The molecule has 0 bridgehead atoms. The van der Waals surface area contributed by atoms with Gasteiger partial charge in [-0.15, -0.1) is 0 Å². The normalized spacial score (nSPS) is 15.3. The highest BCUT2D eigenvalue weighted by molar-refractivity contribution is 5.90. The monoisotopic (exact) mass is 368 g/mol. The van der Waals surface area contributed by atoms with Crippen molar-refractivity contribution in [1.82, 2.24) is 10.6 Å². The lowest BCUT2D eigenvalue weighted by atomic mass is 9.81. The van der Waals surface area contributed by atoms with E-state index in [9.17, 15) is 9.59 Å². The molecule has 1 aliphatic carbocycles. The zero-order valence-electron chi connectivity index (χ0n) is 16.1. The van der Waals surface area contributed by atoms with Crippen LogP contribution in [-0.4, -0.2) is 37.8 Å². The Morgan fingerprint density at radius 2 is 1.92 bits per heavy atom. The molecule has 7 nitrogen and oxygen atoms in total. The summed E-state index contributed by atoms with van der Waals surface area (Å²) in [5, 5.41) is 5.58. The summed E-state index contributed by atoms with van der Waals surface area (Å²) in [6.07, 6.45) is 6.25. The van der Waals surface area contributed by atoms with Crippen molar-refractivity contribution in [3.8, 4) is 0 Å². The van der Waals surface area contributed by atoms with E-state index in [0.717, 1.165) is 19.3 Å². The summed E-state index contributed by atoms with van der Waals surface area (Å²) in [4.78, 5) is 24.6. The molecule has 0 aromatic carbocycles. The van der Waals surface area contributed by atoms with Crippen LogP contribution in [0.1, 0.15) is 58.1 Å². The number of ether oxygens (including phenoxy) is 2. The Hall–Kier alpha value is -2.02. The van der Waals surface area contributed by atoms with Gasteiger partial charge in [0.1, 0.15) is 11.3 Å². The van der Waals surface area contributed by atoms with Crippen LogP contribution in [0.5, 0.6) is 0 Å². The molecule has 0 unspecified atom stereocenters. The summed E-state index contributed by atoms with van der Waals surface area (Å²) >= 11 is 0. The first kappa shape index (κ1) is 22.0. The molecular weight excluding hydrogens is 336 g/mol. The third-order valence-electron chi connectivity index (χ3n) is 4.00. The van der Waals surface area contributed by atoms with Crippen LogP contribution in [0.2, 0.25) is 0 Å². The Morgan fingerprint density at radius 3 is 2.50 bits per heavy atom. The standard InChI is InChI=1S/C16H24N2O5.C3H8/c1-21-11-9-17-14(19)16(7-3-2-4-8-16)18-15(20)23-12-13-6-5-10-22-13;1-3-2/h5-6,10H,2-4,7-9,11-12H2,1H3,(H,17,19)(H,18,20);3H2,1-2H3. The number of carbonyl (C=O) groups excluding carboxylic acids is 2. The quantitative estimate of drug-likeness (QED) is 0.720. The minimum Gasteiger partial charge on any atom is -0.466 e. The summed E-state index contributed by atoms with van der Waals surface area (Å²) in [5.41, 5.74) is -0.897. The number of hydrogen-bond acceptors (Lipinski definition) is 5. The predicted molar refractivity (Wildman–Crippen MR) is 98.7 cm³/mol. The molecule has 2 amide bonds. The van der Waals surface area contributed by atoms with Gasteiger partial charge in [0.15, 0.2) is 6.61 Å². The van der Waals surface area contributed by atoms with Crippen molar-refractivity contribution in [3.05, 3.63) is 24.2 Å². The molecule has 2 rings (SSSR count). The van der Waals surface area contributed by atoms with Gasteiger partial charge in [-0.1, -0.05) is 39.5 Å². The van der Waals surface area contributed by atoms with E-state index >= 15 is 0 Å². The minimum atomic E-state index is -0.897. The Bertz CT molecular complexity index is 510. The van der Waals surface area contributed by atoms with E-state index in [4.69, 9.17) is 13.9 Å². The average Bonchev–Trinajstić information content (AvgIpc) is 3.15. The second-order valence-electron chi connectivity index (χ2n) is 6.38. The van der Waals surface area contributed by atoms with Crippen LogP contribution >= 0.6 is 0 Å². The van der Waals surface area contributed by atoms with E-state index in [-0.39, 0.29) is 12.5 Å². The first-order valence-electron chi connectivity index (χ1n) is 9.32. The first-order valence-corrected chi connectivity index (χ1v) is 9.32. The highest BCUT2D eigenvalue weighted by atomic mass is 16.6. The summed E-state index contributed by atoms with van der Waals surface area (Å²) < 4.78 is 15.2. The van der Waals surface area contributed by atoms with Gasteiger partial charge in [0, 0.05) is 13.7 Å².